The van der Waals surface area contributed by atoms with Gasteiger partial charge in [0.15, 0.2) is 0 Å². The van der Waals surface area contributed by atoms with E-state index in [0.717, 1.165) is 0 Å². The van der Waals surface area contributed by atoms with Gasteiger partial charge in [-0.15, -0.1) is 0 Å². The Morgan fingerprint density at radius 3 is 2.10 bits per heavy atom. The number of alkyl halides is 6. The van der Waals surface area contributed by atoms with Crippen molar-refractivity contribution >= 4 is 5.91 Å². The smallest absolute Gasteiger partial charge is 0.416 e. The average molecular weight is 450 g/mol. The molecule has 1 N–H and O–H groups in total. The molecule has 1 atom stereocenters. The number of morpholine rings is 1. The van der Waals surface area contributed by atoms with Gasteiger partial charge in [0, 0.05) is 25.2 Å². The molecule has 2 heterocycles. The summed E-state index contributed by atoms with van der Waals surface area (Å²) in [5, 5.41) is 2.45. The number of hydrogen-bond acceptors (Lipinski definition) is 4. The lowest BCUT2D eigenvalue weighted by Gasteiger charge is -2.33. The van der Waals surface area contributed by atoms with Crippen LogP contribution >= 0.6 is 0 Å². The fourth-order valence-electron chi connectivity index (χ4n) is 3.31. The number of carbonyl (C=O) groups excluding carboxylic acids is 1. The van der Waals surface area contributed by atoms with Gasteiger partial charge in [-0.2, -0.15) is 26.3 Å². The predicted octanol–water partition coefficient (Wildman–Crippen LogP) is 4.43. The van der Waals surface area contributed by atoms with E-state index in [-0.39, 0.29) is 12.6 Å². The first-order chi connectivity index (χ1) is 14.4. The molecule has 2 aromatic rings. The van der Waals surface area contributed by atoms with Gasteiger partial charge in [-0.3, -0.25) is 9.69 Å². The van der Waals surface area contributed by atoms with Crippen LogP contribution in [0.1, 0.15) is 39.0 Å². The Hall–Kier alpha value is -2.53. The van der Waals surface area contributed by atoms with Crippen LogP contribution in [-0.2, 0) is 17.1 Å². The van der Waals surface area contributed by atoms with Crippen molar-refractivity contribution in [1.29, 1.82) is 0 Å². The van der Waals surface area contributed by atoms with Gasteiger partial charge in [-0.05, 0) is 37.3 Å². The van der Waals surface area contributed by atoms with Crippen molar-refractivity contribution in [3.63, 3.8) is 0 Å². The summed E-state index contributed by atoms with van der Waals surface area (Å²) in [6.07, 6.45) is -10.1. The van der Waals surface area contributed by atoms with E-state index in [2.05, 4.69) is 5.32 Å². The number of carbonyl (C=O) groups is 1. The SMILES string of the molecule is Cc1ccc(C(CNC(=O)c2cc(C(F)(F)F)cc(C(F)(F)F)c2)N2CCOCC2)o1. The first-order valence-electron chi connectivity index (χ1n) is 9.41. The summed E-state index contributed by atoms with van der Waals surface area (Å²) in [5.41, 5.74) is -3.81. The Morgan fingerprint density at radius 1 is 1.03 bits per heavy atom. The molecule has 3 rings (SSSR count). The van der Waals surface area contributed by atoms with E-state index in [0.29, 0.717) is 50.0 Å². The molecule has 0 bridgehead atoms. The third-order valence-electron chi connectivity index (χ3n) is 4.88. The van der Waals surface area contributed by atoms with Crippen LogP contribution in [0.3, 0.4) is 0 Å². The van der Waals surface area contributed by atoms with Crippen LogP contribution in [0.4, 0.5) is 26.3 Å². The summed E-state index contributed by atoms with van der Waals surface area (Å²) in [4.78, 5) is 14.5. The fraction of sp³-hybridized carbons (Fsp3) is 0.450. The van der Waals surface area contributed by atoms with Crippen molar-refractivity contribution < 1.29 is 40.3 Å². The topological polar surface area (TPSA) is 54.7 Å². The van der Waals surface area contributed by atoms with Crippen LogP contribution in [-0.4, -0.2) is 43.7 Å². The maximum Gasteiger partial charge on any atom is 0.416 e. The van der Waals surface area contributed by atoms with Crippen LogP contribution in [0.25, 0.3) is 0 Å². The molecule has 1 fully saturated rings. The highest BCUT2D eigenvalue weighted by Crippen LogP contribution is 2.36. The number of rotatable bonds is 5. The predicted molar refractivity (Wildman–Crippen MR) is 97.4 cm³/mol. The molecule has 1 aromatic heterocycles. The zero-order valence-corrected chi connectivity index (χ0v) is 16.4. The molecule has 0 spiro atoms. The molecule has 0 saturated carbocycles. The van der Waals surface area contributed by atoms with E-state index >= 15 is 0 Å². The molecule has 170 valence electrons. The summed E-state index contributed by atoms with van der Waals surface area (Å²) >= 11 is 0. The number of amides is 1. The zero-order chi connectivity index (χ0) is 22.8. The lowest BCUT2D eigenvalue weighted by Crippen LogP contribution is -2.43. The quantitative estimate of drug-likeness (QED) is 0.685. The molecular weight excluding hydrogens is 430 g/mol. The van der Waals surface area contributed by atoms with Crippen LogP contribution in [0.2, 0.25) is 0 Å². The third kappa shape index (κ3) is 5.79. The number of hydrogen-bond donors (Lipinski definition) is 1. The summed E-state index contributed by atoms with van der Waals surface area (Å²) in [6, 6.07) is 3.80. The number of nitrogens with zero attached hydrogens (tertiary/aromatic N) is 1. The second-order valence-electron chi connectivity index (χ2n) is 7.12. The van der Waals surface area contributed by atoms with Crippen molar-refractivity contribution in [2.45, 2.75) is 25.3 Å². The van der Waals surface area contributed by atoms with Gasteiger partial charge < -0.3 is 14.5 Å². The minimum Gasteiger partial charge on any atom is -0.465 e. The van der Waals surface area contributed by atoms with E-state index in [9.17, 15) is 31.1 Å². The normalized spacial score (nSPS) is 16.9. The molecule has 1 aliphatic rings. The van der Waals surface area contributed by atoms with Crippen LogP contribution in [0.15, 0.2) is 34.7 Å². The standard InChI is InChI=1S/C20H20F6N2O3/c1-12-2-3-17(31-12)16(28-4-6-30-7-5-28)11-27-18(29)13-8-14(19(21,22)23)10-15(9-13)20(24,25)26/h2-3,8-10,16H,4-7,11H2,1H3,(H,27,29). The number of nitrogens with one attached hydrogen (secondary N) is 1. The molecule has 5 nitrogen and oxygen atoms in total. The minimum atomic E-state index is -5.03. The Morgan fingerprint density at radius 2 is 1.61 bits per heavy atom. The summed E-state index contributed by atoms with van der Waals surface area (Å²) in [6.45, 7) is 3.63. The first-order valence-corrected chi connectivity index (χ1v) is 9.41. The monoisotopic (exact) mass is 450 g/mol. The highest BCUT2D eigenvalue weighted by atomic mass is 19.4. The Balaban J connectivity index is 1.83. The Kier molecular flexibility index (Phi) is 6.65. The largest absolute Gasteiger partial charge is 0.465 e. The van der Waals surface area contributed by atoms with Crippen molar-refractivity contribution in [3.8, 4) is 0 Å². The van der Waals surface area contributed by atoms with Crippen molar-refractivity contribution in [3.05, 3.63) is 58.5 Å². The Bertz CT molecular complexity index is 884. The molecule has 0 aliphatic carbocycles. The zero-order valence-electron chi connectivity index (χ0n) is 16.4. The maximum absolute atomic E-state index is 13.1. The van der Waals surface area contributed by atoms with Crippen molar-refractivity contribution in [2.75, 3.05) is 32.8 Å². The van der Waals surface area contributed by atoms with Gasteiger partial charge >= 0.3 is 12.4 Å². The summed E-state index contributed by atoms with van der Waals surface area (Å²) < 4.78 is 89.2. The minimum absolute atomic E-state index is 0.0149. The molecule has 1 aromatic carbocycles. The van der Waals surface area contributed by atoms with E-state index in [1.54, 1.807) is 19.1 Å². The van der Waals surface area contributed by atoms with Gasteiger partial charge in [0.25, 0.3) is 5.91 Å². The van der Waals surface area contributed by atoms with E-state index in [4.69, 9.17) is 9.15 Å². The second-order valence-corrected chi connectivity index (χ2v) is 7.12. The van der Waals surface area contributed by atoms with Crippen molar-refractivity contribution in [2.24, 2.45) is 0 Å². The first kappa shape index (κ1) is 23.1. The van der Waals surface area contributed by atoms with Gasteiger partial charge in [0.05, 0.1) is 30.4 Å². The molecular formula is C20H20F6N2O3. The maximum atomic E-state index is 13.1. The molecule has 1 unspecified atom stereocenters. The van der Waals surface area contributed by atoms with Gasteiger partial charge in [0.1, 0.15) is 11.5 Å². The highest BCUT2D eigenvalue weighted by molar-refractivity contribution is 5.94. The highest BCUT2D eigenvalue weighted by Gasteiger charge is 2.37. The molecule has 11 heteroatoms. The number of halogens is 6. The lowest BCUT2D eigenvalue weighted by molar-refractivity contribution is -0.143. The summed E-state index contributed by atoms with van der Waals surface area (Å²) in [5.74, 6) is 0.116. The third-order valence-corrected chi connectivity index (χ3v) is 4.88. The fourth-order valence-corrected chi connectivity index (χ4v) is 3.31. The summed E-state index contributed by atoms with van der Waals surface area (Å²) in [7, 11) is 0. The average Bonchev–Trinajstić information content (AvgIpc) is 3.13. The van der Waals surface area contributed by atoms with Crippen LogP contribution in [0, 0.1) is 6.92 Å². The molecule has 1 saturated heterocycles. The van der Waals surface area contributed by atoms with E-state index in [1.165, 1.54) is 0 Å². The van der Waals surface area contributed by atoms with Gasteiger partial charge in [-0.1, -0.05) is 0 Å². The van der Waals surface area contributed by atoms with E-state index in [1.807, 2.05) is 4.90 Å². The molecule has 1 aliphatic heterocycles. The van der Waals surface area contributed by atoms with Crippen LogP contribution in [0.5, 0.6) is 0 Å². The second kappa shape index (κ2) is 8.91. The van der Waals surface area contributed by atoms with Crippen LogP contribution < -0.4 is 5.32 Å². The van der Waals surface area contributed by atoms with Gasteiger partial charge in [-0.25, -0.2) is 0 Å². The number of benzene rings is 1. The number of ether oxygens (including phenoxy) is 1. The molecule has 31 heavy (non-hydrogen) atoms. The van der Waals surface area contributed by atoms with E-state index < -0.39 is 41.0 Å². The molecule has 0 radical (unpaired) electrons. The lowest BCUT2D eigenvalue weighted by atomic mass is 10.0. The number of furan rings is 1. The van der Waals surface area contributed by atoms with Crippen molar-refractivity contribution in [1.82, 2.24) is 10.2 Å². The molecule has 1 amide bonds. The Labute approximate surface area is 174 Å². The van der Waals surface area contributed by atoms with Gasteiger partial charge in [0.2, 0.25) is 0 Å². The number of aryl methyl sites for hydroxylation is 1.